The largest absolute Gasteiger partial charge is 0.496 e. The van der Waals surface area contributed by atoms with E-state index in [1.807, 2.05) is 24.1 Å². The molecule has 6 nitrogen and oxygen atoms in total. The monoisotopic (exact) mass is 370 g/mol. The van der Waals surface area contributed by atoms with Crippen molar-refractivity contribution in [3.05, 3.63) is 47.8 Å². The van der Waals surface area contributed by atoms with E-state index in [0.717, 1.165) is 38.3 Å². The van der Waals surface area contributed by atoms with Gasteiger partial charge in [-0.3, -0.25) is 9.48 Å². The number of hydrogen-bond donors (Lipinski definition) is 0. The van der Waals surface area contributed by atoms with Gasteiger partial charge in [-0.05, 0) is 49.4 Å². The van der Waals surface area contributed by atoms with Crippen LogP contribution >= 0.6 is 0 Å². The third-order valence-electron chi connectivity index (χ3n) is 5.41. The molecule has 0 spiro atoms. The molecule has 0 unspecified atom stereocenters. The number of benzene rings is 1. The van der Waals surface area contributed by atoms with Gasteiger partial charge in [0.2, 0.25) is 0 Å². The van der Waals surface area contributed by atoms with Crippen molar-refractivity contribution >= 4 is 5.91 Å². The predicted octanol–water partition coefficient (Wildman–Crippen LogP) is 2.46. The first-order chi connectivity index (χ1) is 13.1. The first-order valence-electron chi connectivity index (χ1n) is 9.66. The van der Waals surface area contributed by atoms with Crippen LogP contribution in [0.5, 0.6) is 5.75 Å². The molecule has 0 saturated carbocycles. The molecule has 0 radical (unpaired) electrons. The molecule has 1 fully saturated rings. The van der Waals surface area contributed by atoms with Gasteiger partial charge in [-0.25, -0.2) is 0 Å². The fourth-order valence-corrected chi connectivity index (χ4v) is 3.94. The highest BCUT2D eigenvalue weighted by molar-refractivity contribution is 5.92. The number of nitrogens with zero attached hydrogens (tertiary/aromatic N) is 4. The van der Waals surface area contributed by atoms with Crippen LogP contribution in [0.15, 0.2) is 36.5 Å². The van der Waals surface area contributed by atoms with Crippen molar-refractivity contribution in [2.75, 3.05) is 40.3 Å². The lowest BCUT2D eigenvalue weighted by Gasteiger charge is -2.34. The minimum Gasteiger partial charge on any atom is -0.496 e. The second-order valence-corrected chi connectivity index (χ2v) is 7.40. The lowest BCUT2D eigenvalue weighted by atomic mass is 9.97. The maximum atomic E-state index is 12.6. The van der Waals surface area contributed by atoms with Crippen LogP contribution in [0.1, 0.15) is 28.9 Å². The van der Waals surface area contributed by atoms with Crippen molar-refractivity contribution in [3.63, 3.8) is 0 Å². The molecular formula is C21H30N4O2. The molecule has 1 saturated heterocycles. The van der Waals surface area contributed by atoms with E-state index in [2.05, 4.69) is 22.1 Å². The summed E-state index contributed by atoms with van der Waals surface area (Å²) in [6, 6.07) is 10.0. The first-order valence-corrected chi connectivity index (χ1v) is 9.66. The molecule has 0 bridgehead atoms. The fourth-order valence-electron chi connectivity index (χ4n) is 3.94. The zero-order valence-corrected chi connectivity index (χ0v) is 16.6. The number of para-hydroxylation sites is 1. The van der Waals surface area contributed by atoms with E-state index in [4.69, 9.17) is 4.74 Å². The van der Waals surface area contributed by atoms with Crippen LogP contribution < -0.4 is 4.74 Å². The Balaban J connectivity index is 1.52. The number of likely N-dealkylation sites (tertiary alicyclic amines) is 1. The Labute approximate surface area is 161 Å². The van der Waals surface area contributed by atoms with Gasteiger partial charge in [0.1, 0.15) is 11.4 Å². The molecule has 1 amide bonds. The number of hydrogen-bond acceptors (Lipinski definition) is 4. The van der Waals surface area contributed by atoms with E-state index >= 15 is 0 Å². The minimum absolute atomic E-state index is 0.0427. The molecule has 1 aliphatic rings. The van der Waals surface area contributed by atoms with Crippen molar-refractivity contribution < 1.29 is 9.53 Å². The molecule has 6 heteroatoms. The summed E-state index contributed by atoms with van der Waals surface area (Å²) in [5.74, 6) is 1.52. The number of aromatic nitrogens is 2. The number of rotatable bonds is 7. The van der Waals surface area contributed by atoms with E-state index in [-0.39, 0.29) is 5.91 Å². The van der Waals surface area contributed by atoms with Crippen LogP contribution in [0.2, 0.25) is 0 Å². The van der Waals surface area contributed by atoms with Crippen LogP contribution in [0.3, 0.4) is 0 Å². The molecule has 1 atom stereocenters. The zero-order chi connectivity index (χ0) is 19.2. The first kappa shape index (κ1) is 19.4. The maximum Gasteiger partial charge on any atom is 0.271 e. The van der Waals surface area contributed by atoms with Crippen LogP contribution in [-0.4, -0.2) is 65.8 Å². The van der Waals surface area contributed by atoms with Gasteiger partial charge in [-0.15, -0.1) is 0 Å². The van der Waals surface area contributed by atoms with E-state index in [9.17, 15) is 4.79 Å². The molecule has 1 aromatic heterocycles. The average Bonchev–Trinajstić information content (AvgIpc) is 3.12. The topological polar surface area (TPSA) is 50.6 Å². The van der Waals surface area contributed by atoms with Gasteiger partial charge >= 0.3 is 0 Å². The number of amides is 1. The summed E-state index contributed by atoms with van der Waals surface area (Å²) >= 11 is 0. The minimum atomic E-state index is 0.0427. The molecule has 3 rings (SSSR count). The second-order valence-electron chi connectivity index (χ2n) is 7.40. The highest BCUT2D eigenvalue weighted by Crippen LogP contribution is 2.21. The van der Waals surface area contributed by atoms with Crippen LogP contribution in [0.25, 0.3) is 0 Å². The number of carbonyl (C=O) groups excluding carboxylic acids is 1. The molecule has 2 aromatic rings. The summed E-state index contributed by atoms with van der Waals surface area (Å²) in [5, 5.41) is 4.10. The molecule has 0 N–H and O–H groups in total. The summed E-state index contributed by atoms with van der Waals surface area (Å²) < 4.78 is 7.10. The summed E-state index contributed by atoms with van der Waals surface area (Å²) in [5.41, 5.74) is 1.90. The Hall–Kier alpha value is -2.34. The van der Waals surface area contributed by atoms with Gasteiger partial charge in [0.15, 0.2) is 0 Å². The van der Waals surface area contributed by atoms with Crippen LogP contribution in [-0.2, 0) is 13.5 Å². The third kappa shape index (κ3) is 4.89. The quantitative estimate of drug-likeness (QED) is 0.751. The van der Waals surface area contributed by atoms with Gasteiger partial charge in [0, 0.05) is 39.9 Å². The molecular weight excluding hydrogens is 340 g/mol. The van der Waals surface area contributed by atoms with E-state index < -0.39 is 0 Å². The summed E-state index contributed by atoms with van der Waals surface area (Å²) in [7, 11) is 5.43. The molecule has 27 heavy (non-hydrogen) atoms. The number of aryl methyl sites for hydroxylation is 1. The summed E-state index contributed by atoms with van der Waals surface area (Å²) in [6.45, 7) is 3.98. The number of ether oxygens (including phenoxy) is 1. The molecule has 1 aliphatic heterocycles. The van der Waals surface area contributed by atoms with Gasteiger partial charge in [0.05, 0.1) is 7.11 Å². The van der Waals surface area contributed by atoms with Crippen LogP contribution in [0.4, 0.5) is 0 Å². The van der Waals surface area contributed by atoms with Crippen molar-refractivity contribution in [2.45, 2.75) is 19.3 Å². The van der Waals surface area contributed by atoms with E-state index in [0.29, 0.717) is 11.6 Å². The zero-order valence-electron chi connectivity index (χ0n) is 16.6. The number of methoxy groups -OCH3 is 1. The highest BCUT2D eigenvalue weighted by Gasteiger charge is 2.24. The normalized spacial score (nSPS) is 17.7. The lowest BCUT2D eigenvalue weighted by molar-refractivity contribution is 0.0719. The Morgan fingerprint density at radius 1 is 1.33 bits per heavy atom. The van der Waals surface area contributed by atoms with Gasteiger partial charge in [-0.2, -0.15) is 5.10 Å². The van der Waals surface area contributed by atoms with Crippen molar-refractivity contribution in [3.8, 4) is 5.75 Å². The number of piperidine rings is 1. The molecule has 0 aliphatic carbocycles. The van der Waals surface area contributed by atoms with Crippen molar-refractivity contribution in [1.29, 1.82) is 0 Å². The maximum absolute atomic E-state index is 12.6. The highest BCUT2D eigenvalue weighted by atomic mass is 16.5. The van der Waals surface area contributed by atoms with Crippen molar-refractivity contribution in [1.82, 2.24) is 19.6 Å². The SMILES string of the molecule is COc1ccccc1CCN1CCC[C@H](CN(C)C(=O)c2ccnn2C)C1. The Morgan fingerprint density at radius 3 is 2.89 bits per heavy atom. The van der Waals surface area contributed by atoms with E-state index in [1.165, 1.54) is 18.4 Å². The predicted molar refractivity (Wildman–Crippen MR) is 106 cm³/mol. The molecule has 1 aromatic carbocycles. The average molecular weight is 370 g/mol. The van der Waals surface area contributed by atoms with Gasteiger partial charge in [0.25, 0.3) is 5.91 Å². The van der Waals surface area contributed by atoms with Crippen LogP contribution in [0, 0.1) is 5.92 Å². The van der Waals surface area contributed by atoms with Gasteiger partial charge < -0.3 is 14.5 Å². The van der Waals surface area contributed by atoms with Crippen molar-refractivity contribution in [2.24, 2.45) is 13.0 Å². The summed E-state index contributed by atoms with van der Waals surface area (Å²) in [6.07, 6.45) is 5.01. The van der Waals surface area contributed by atoms with Gasteiger partial charge in [-0.1, -0.05) is 18.2 Å². The third-order valence-corrected chi connectivity index (χ3v) is 5.41. The fraction of sp³-hybridized carbons (Fsp3) is 0.524. The Morgan fingerprint density at radius 2 is 2.15 bits per heavy atom. The molecule has 2 heterocycles. The standard InChI is InChI=1S/C21H30N4O2/c1-23(21(26)19-10-12-22-24(19)2)15-17-7-6-13-25(16-17)14-11-18-8-4-5-9-20(18)27-3/h4-5,8-10,12,17H,6-7,11,13-16H2,1-3H3/t17-/m1/s1. The Bertz CT molecular complexity index is 758. The van der Waals surface area contributed by atoms with E-state index in [1.54, 1.807) is 31.1 Å². The number of carbonyl (C=O) groups is 1. The smallest absolute Gasteiger partial charge is 0.271 e. The Kier molecular flexibility index (Phi) is 6.50. The molecule has 146 valence electrons. The summed E-state index contributed by atoms with van der Waals surface area (Å²) in [4.78, 5) is 17.0. The second kappa shape index (κ2) is 9.04. The lowest BCUT2D eigenvalue weighted by Crippen LogP contribution is -2.42.